The van der Waals surface area contributed by atoms with E-state index >= 15 is 0 Å². The van der Waals surface area contributed by atoms with Gasteiger partial charge in [-0.1, -0.05) is 48.5 Å². The highest BCUT2D eigenvalue weighted by molar-refractivity contribution is 5.87. The number of esters is 4. The number of carboxylic acids is 1. The summed E-state index contributed by atoms with van der Waals surface area (Å²) in [6.07, 6.45) is -9.53. The standard InChI is InChI=1S/C33H36N2O14/c1-16(36)44-15-26-28(46-17(2)37)29(47-18(3)38)30(48-19(4)39)31(49-26)35-27(40)13-25(32(41)42)34-33(43)45-14-24-22-11-7-5-9-20(22)21-10-6-8-12-23(21)24/h5-12,24-26,28-31H,13-15H2,1-4H3,(H,34,43)(H,35,40)(H,41,42)/t25-,26+,28-,29-,30+,31-/m0/s1. The summed E-state index contributed by atoms with van der Waals surface area (Å²) in [6.45, 7) is 3.57. The number of benzene rings is 2. The topological polar surface area (TPSA) is 219 Å². The quantitative estimate of drug-likeness (QED) is 0.214. The number of rotatable bonds is 12. The molecule has 1 aliphatic heterocycles. The number of nitrogens with one attached hydrogen (secondary N) is 2. The van der Waals surface area contributed by atoms with E-state index < -0.39 is 91.6 Å². The van der Waals surface area contributed by atoms with Crippen LogP contribution in [-0.2, 0) is 57.2 Å². The molecule has 16 heteroatoms. The molecule has 4 rings (SSSR count). The number of hydrogen-bond acceptors (Lipinski definition) is 13. The SMILES string of the molecule is CC(=O)OC[C@H]1O[C@H](NC(=O)C[C@H](NC(=O)OCC2c3ccccc3-c3ccccc32)C(=O)O)[C@H](OC(C)=O)[C@@H](OC(C)=O)[C@H]1OC(C)=O. The summed E-state index contributed by atoms with van der Waals surface area (Å²) >= 11 is 0. The number of hydrogen-bond donors (Lipinski definition) is 3. The Kier molecular flexibility index (Phi) is 11.9. The van der Waals surface area contributed by atoms with E-state index in [-0.39, 0.29) is 12.5 Å². The van der Waals surface area contributed by atoms with E-state index in [1.165, 1.54) is 0 Å². The largest absolute Gasteiger partial charge is 0.480 e. The molecule has 0 radical (unpaired) electrons. The highest BCUT2D eigenvalue weighted by atomic mass is 16.7. The predicted molar refractivity (Wildman–Crippen MR) is 164 cm³/mol. The fraction of sp³-hybridized carbons (Fsp3) is 0.424. The first-order valence-corrected chi connectivity index (χ1v) is 15.2. The van der Waals surface area contributed by atoms with E-state index in [0.717, 1.165) is 49.9 Å². The van der Waals surface area contributed by atoms with Crippen LogP contribution in [0.3, 0.4) is 0 Å². The maximum Gasteiger partial charge on any atom is 0.407 e. The third-order valence-electron chi connectivity index (χ3n) is 7.62. The van der Waals surface area contributed by atoms with Gasteiger partial charge in [0.25, 0.3) is 0 Å². The van der Waals surface area contributed by atoms with Crippen molar-refractivity contribution in [3.8, 4) is 11.1 Å². The lowest BCUT2D eigenvalue weighted by atomic mass is 9.97. The van der Waals surface area contributed by atoms with E-state index in [4.69, 9.17) is 28.4 Å². The number of carbonyl (C=O) groups is 7. The van der Waals surface area contributed by atoms with Crippen LogP contribution in [-0.4, -0.2) is 96.9 Å². The Morgan fingerprint density at radius 3 is 1.78 bits per heavy atom. The maximum atomic E-state index is 13.2. The Labute approximate surface area is 280 Å². The molecular formula is C33H36N2O14. The van der Waals surface area contributed by atoms with E-state index in [1.807, 2.05) is 48.5 Å². The third kappa shape index (κ3) is 9.31. The summed E-state index contributed by atoms with van der Waals surface area (Å²) in [5.41, 5.74) is 3.87. The van der Waals surface area contributed by atoms with Crippen molar-refractivity contribution in [2.45, 2.75) is 76.7 Å². The van der Waals surface area contributed by atoms with Crippen LogP contribution < -0.4 is 10.6 Å². The molecule has 2 aromatic carbocycles. The summed E-state index contributed by atoms with van der Waals surface area (Å²) in [6, 6.07) is 13.5. The molecule has 1 fully saturated rings. The number of carboxylic acid groups (broad SMARTS) is 1. The highest BCUT2D eigenvalue weighted by Gasteiger charge is 2.52. The molecule has 1 aliphatic carbocycles. The van der Waals surface area contributed by atoms with Crippen LogP contribution in [0, 0.1) is 0 Å². The molecule has 0 spiro atoms. The zero-order valence-corrected chi connectivity index (χ0v) is 27.0. The summed E-state index contributed by atoms with van der Waals surface area (Å²) in [7, 11) is 0. The highest BCUT2D eigenvalue weighted by Crippen LogP contribution is 2.44. The van der Waals surface area contributed by atoms with Crippen LogP contribution in [0.4, 0.5) is 4.79 Å². The van der Waals surface area contributed by atoms with Crippen molar-refractivity contribution in [2.75, 3.05) is 13.2 Å². The van der Waals surface area contributed by atoms with Crippen LogP contribution in [0.5, 0.6) is 0 Å². The van der Waals surface area contributed by atoms with Gasteiger partial charge in [-0.25, -0.2) is 9.59 Å². The lowest BCUT2D eigenvalue weighted by Gasteiger charge is -2.44. The minimum Gasteiger partial charge on any atom is -0.480 e. The second-order valence-corrected chi connectivity index (χ2v) is 11.3. The molecule has 6 atom stereocenters. The fourth-order valence-corrected chi connectivity index (χ4v) is 5.73. The zero-order chi connectivity index (χ0) is 35.8. The molecule has 262 valence electrons. The van der Waals surface area contributed by atoms with E-state index in [2.05, 4.69) is 10.6 Å². The molecule has 16 nitrogen and oxygen atoms in total. The van der Waals surface area contributed by atoms with Gasteiger partial charge in [0.15, 0.2) is 24.5 Å². The Morgan fingerprint density at radius 2 is 1.24 bits per heavy atom. The van der Waals surface area contributed by atoms with E-state index in [1.54, 1.807) is 0 Å². The Hall–Kier alpha value is -5.51. The fourth-order valence-electron chi connectivity index (χ4n) is 5.73. The minimum absolute atomic E-state index is 0.108. The van der Waals surface area contributed by atoms with Gasteiger partial charge in [0.05, 0.1) is 6.42 Å². The molecular weight excluding hydrogens is 648 g/mol. The second kappa shape index (κ2) is 16.1. The lowest BCUT2D eigenvalue weighted by Crippen LogP contribution is -2.66. The van der Waals surface area contributed by atoms with Gasteiger partial charge in [-0.2, -0.15) is 0 Å². The van der Waals surface area contributed by atoms with Gasteiger partial charge in [0.1, 0.15) is 25.4 Å². The van der Waals surface area contributed by atoms with Gasteiger partial charge in [0, 0.05) is 33.6 Å². The first-order chi connectivity index (χ1) is 23.2. The minimum atomic E-state index is -1.78. The Bertz CT molecular complexity index is 1560. The summed E-state index contributed by atoms with van der Waals surface area (Å²) in [5, 5.41) is 14.3. The number of ether oxygens (including phenoxy) is 6. The van der Waals surface area contributed by atoms with E-state index in [0.29, 0.717) is 0 Å². The summed E-state index contributed by atoms with van der Waals surface area (Å²) < 4.78 is 32.1. The predicted octanol–water partition coefficient (Wildman–Crippen LogP) is 1.57. The lowest BCUT2D eigenvalue weighted by molar-refractivity contribution is -0.257. The Balaban J connectivity index is 1.46. The van der Waals surface area contributed by atoms with Gasteiger partial charge >= 0.3 is 35.9 Å². The first kappa shape index (κ1) is 36.3. The van der Waals surface area contributed by atoms with Crippen molar-refractivity contribution in [1.29, 1.82) is 0 Å². The van der Waals surface area contributed by atoms with Gasteiger partial charge in [-0.15, -0.1) is 0 Å². The van der Waals surface area contributed by atoms with Crippen LogP contribution in [0.2, 0.25) is 0 Å². The Morgan fingerprint density at radius 1 is 0.714 bits per heavy atom. The van der Waals surface area contributed by atoms with Crippen molar-refractivity contribution in [1.82, 2.24) is 10.6 Å². The molecule has 0 saturated carbocycles. The van der Waals surface area contributed by atoms with Crippen LogP contribution in [0.25, 0.3) is 11.1 Å². The van der Waals surface area contributed by atoms with Crippen LogP contribution >= 0.6 is 0 Å². The van der Waals surface area contributed by atoms with Crippen LogP contribution in [0.1, 0.15) is 51.2 Å². The molecule has 1 saturated heterocycles. The first-order valence-electron chi connectivity index (χ1n) is 15.2. The number of alkyl carbamates (subject to hydrolysis) is 1. The number of amides is 2. The summed E-state index contributed by atoms with van der Waals surface area (Å²) in [4.78, 5) is 85.5. The number of carbonyl (C=O) groups excluding carboxylic acids is 6. The monoisotopic (exact) mass is 684 g/mol. The average molecular weight is 685 g/mol. The van der Waals surface area contributed by atoms with Gasteiger partial charge in [-0.3, -0.25) is 24.0 Å². The average Bonchev–Trinajstić information content (AvgIpc) is 3.34. The number of aliphatic carboxylic acids is 1. The van der Waals surface area contributed by atoms with Crippen molar-refractivity contribution in [2.24, 2.45) is 0 Å². The third-order valence-corrected chi connectivity index (χ3v) is 7.62. The zero-order valence-electron chi connectivity index (χ0n) is 27.0. The number of fused-ring (bicyclic) bond motifs is 3. The maximum absolute atomic E-state index is 13.2. The molecule has 2 aliphatic rings. The summed E-state index contributed by atoms with van der Waals surface area (Å²) in [5.74, 6) is -6.22. The normalized spacial score (nSPS) is 21.5. The van der Waals surface area contributed by atoms with Gasteiger partial charge < -0.3 is 44.2 Å². The molecule has 2 amide bonds. The molecule has 0 unspecified atom stereocenters. The van der Waals surface area contributed by atoms with Crippen molar-refractivity contribution < 1.29 is 67.1 Å². The molecule has 0 aromatic heterocycles. The van der Waals surface area contributed by atoms with Crippen molar-refractivity contribution >= 4 is 41.8 Å². The molecule has 0 bridgehead atoms. The van der Waals surface area contributed by atoms with Crippen LogP contribution in [0.15, 0.2) is 48.5 Å². The molecule has 1 heterocycles. The molecule has 49 heavy (non-hydrogen) atoms. The van der Waals surface area contributed by atoms with Gasteiger partial charge in [-0.05, 0) is 22.3 Å². The molecule has 3 N–H and O–H groups in total. The van der Waals surface area contributed by atoms with Crippen molar-refractivity contribution in [3.63, 3.8) is 0 Å². The smallest absolute Gasteiger partial charge is 0.407 e. The molecule has 2 aromatic rings. The second-order valence-electron chi connectivity index (χ2n) is 11.3. The van der Waals surface area contributed by atoms with Crippen molar-refractivity contribution in [3.05, 3.63) is 59.7 Å². The van der Waals surface area contributed by atoms with E-state index in [9.17, 15) is 38.7 Å². The van der Waals surface area contributed by atoms with Gasteiger partial charge in [0.2, 0.25) is 5.91 Å².